The van der Waals surface area contributed by atoms with Crippen molar-refractivity contribution in [3.05, 3.63) is 0 Å². The Morgan fingerprint density at radius 3 is 1.22 bits per heavy atom. The van der Waals surface area contributed by atoms with Gasteiger partial charge >= 0.3 is 23.9 Å². The average Bonchev–Trinajstić information content (AvgIpc) is 3.28. The van der Waals surface area contributed by atoms with Crippen molar-refractivity contribution in [1.82, 2.24) is 10.6 Å². The van der Waals surface area contributed by atoms with Gasteiger partial charge in [0.15, 0.2) is 0 Å². The molecule has 0 aromatic rings. The van der Waals surface area contributed by atoms with E-state index in [-0.39, 0.29) is 75.8 Å². The maximum absolute atomic E-state index is 13.1. The molecule has 64 heavy (non-hydrogen) atoms. The summed E-state index contributed by atoms with van der Waals surface area (Å²) in [7, 11) is 0. The van der Waals surface area contributed by atoms with Gasteiger partial charge in [0.05, 0.1) is 13.2 Å². The molecule has 2 amide bonds. The molecule has 0 radical (unpaired) electrons. The molecule has 0 spiro atoms. The van der Waals surface area contributed by atoms with Gasteiger partial charge in [0, 0.05) is 38.5 Å². The summed E-state index contributed by atoms with van der Waals surface area (Å²) >= 11 is 0. The van der Waals surface area contributed by atoms with Gasteiger partial charge in [-0.25, -0.2) is 9.59 Å². The Bertz CT molecular complexity index is 1340. The number of carbonyl (C=O) groups is 6. The highest BCUT2D eigenvalue weighted by Gasteiger charge is 2.29. The van der Waals surface area contributed by atoms with Crippen LogP contribution in [0.2, 0.25) is 0 Å². The third-order valence-corrected chi connectivity index (χ3v) is 11.9. The molecule has 2 heterocycles. The van der Waals surface area contributed by atoms with Crippen molar-refractivity contribution in [2.75, 3.05) is 13.2 Å². The van der Waals surface area contributed by atoms with Gasteiger partial charge in [-0.2, -0.15) is 0 Å². The monoisotopic (exact) mass is 897 g/mol. The summed E-state index contributed by atoms with van der Waals surface area (Å²) in [4.78, 5) is 78.1. The Kier molecular flexibility index (Phi) is 33.5. The van der Waals surface area contributed by atoms with E-state index in [0.29, 0.717) is 51.4 Å². The lowest BCUT2D eigenvalue weighted by Crippen LogP contribution is -2.42. The molecule has 0 unspecified atom stereocenters. The zero-order valence-electron chi connectivity index (χ0n) is 39.8. The molecule has 12 nitrogen and oxygen atoms in total. The lowest BCUT2D eigenvalue weighted by Gasteiger charge is -2.28. The van der Waals surface area contributed by atoms with E-state index in [9.17, 15) is 28.8 Å². The SMILES string of the molecule is CCCCCCCCCCOC(=O)[C@@H]1CCC(=O)OC2CCC(CC2)OC(=O)CC[C@@H](C(=O)OCCCCCCCCCC)NC(=O)CCCCCC#CC#CCCCCCC(=O)N1. The maximum Gasteiger partial charge on any atom is 0.328 e. The molecule has 2 aliphatic heterocycles. The van der Waals surface area contributed by atoms with E-state index < -0.39 is 36.0 Å². The summed E-state index contributed by atoms with van der Waals surface area (Å²) < 4.78 is 22.7. The molecule has 3 rings (SSSR count). The standard InChI is InChI=1S/C52H84N2O10/c1-3-5-7-9-11-21-25-29-41-61-51(59)45-37-39-49(57)63-43-33-35-44(36-34-43)64-50(58)40-38-46(52(60)62-42-30-26-22-12-10-8-6-4-2)54-48(56)32-28-24-20-18-16-14-13-15-17-19-23-27-31-47(55)53-45/h43-46H,3-12,17-42H2,1-2H3,(H,53,55)(H,54,56)/t43?,44?,45-,46-/m0/s1. The van der Waals surface area contributed by atoms with E-state index >= 15 is 0 Å². The number of amides is 2. The number of nitrogens with one attached hydrogen (secondary N) is 2. The van der Waals surface area contributed by atoms with Gasteiger partial charge in [-0.05, 0) is 88.9 Å². The van der Waals surface area contributed by atoms with Gasteiger partial charge in [0.1, 0.15) is 24.3 Å². The van der Waals surface area contributed by atoms with E-state index in [4.69, 9.17) is 18.9 Å². The lowest BCUT2D eigenvalue weighted by molar-refractivity contribution is -0.159. The summed E-state index contributed by atoms with van der Waals surface area (Å²) in [5.74, 6) is 9.38. The number of unbranched alkanes of at least 4 members (excludes halogenated alkanes) is 14. The summed E-state index contributed by atoms with van der Waals surface area (Å²) in [5, 5.41) is 5.63. The summed E-state index contributed by atoms with van der Waals surface area (Å²) in [5.41, 5.74) is 0. The normalized spacial score (nSPS) is 21.7. The molecule has 2 atom stereocenters. The van der Waals surface area contributed by atoms with E-state index in [1.54, 1.807) is 0 Å². The minimum Gasteiger partial charge on any atom is -0.464 e. The van der Waals surface area contributed by atoms with E-state index in [1.807, 2.05) is 0 Å². The smallest absolute Gasteiger partial charge is 0.328 e. The van der Waals surface area contributed by atoms with Crippen molar-refractivity contribution in [3.8, 4) is 23.7 Å². The first-order valence-corrected chi connectivity index (χ1v) is 25.5. The first kappa shape index (κ1) is 56.1. The Morgan fingerprint density at radius 2 is 0.844 bits per heavy atom. The van der Waals surface area contributed by atoms with Crippen LogP contribution < -0.4 is 10.6 Å². The molecule has 0 aromatic heterocycles. The molecule has 1 aliphatic carbocycles. The van der Waals surface area contributed by atoms with Crippen LogP contribution in [0.1, 0.15) is 232 Å². The van der Waals surface area contributed by atoms with Crippen LogP contribution in [0.25, 0.3) is 0 Å². The summed E-state index contributed by atoms with van der Waals surface area (Å²) in [6, 6.07) is -1.90. The van der Waals surface area contributed by atoms with Crippen molar-refractivity contribution in [1.29, 1.82) is 0 Å². The fraction of sp³-hybridized carbons (Fsp3) is 0.808. The highest BCUT2D eigenvalue weighted by Crippen LogP contribution is 2.25. The molecular formula is C52H84N2O10. The Hall–Kier alpha value is -4.06. The predicted molar refractivity (Wildman–Crippen MR) is 249 cm³/mol. The molecule has 2 bridgehead atoms. The highest BCUT2D eigenvalue weighted by atomic mass is 16.6. The predicted octanol–water partition coefficient (Wildman–Crippen LogP) is 10.2. The lowest BCUT2D eigenvalue weighted by atomic mass is 9.95. The van der Waals surface area contributed by atoms with E-state index in [1.165, 1.54) is 64.2 Å². The van der Waals surface area contributed by atoms with Crippen molar-refractivity contribution in [2.45, 2.75) is 256 Å². The fourth-order valence-corrected chi connectivity index (χ4v) is 7.90. The number of esters is 4. The summed E-state index contributed by atoms with van der Waals surface area (Å²) in [6.07, 6.45) is 25.5. The number of fused-ring (bicyclic) bond motifs is 27. The van der Waals surface area contributed by atoms with Crippen LogP contribution in [-0.2, 0) is 47.7 Å². The van der Waals surface area contributed by atoms with Crippen LogP contribution >= 0.6 is 0 Å². The maximum atomic E-state index is 13.1. The third-order valence-electron chi connectivity index (χ3n) is 11.9. The molecule has 0 saturated heterocycles. The van der Waals surface area contributed by atoms with Gasteiger partial charge < -0.3 is 29.6 Å². The van der Waals surface area contributed by atoms with Gasteiger partial charge in [-0.1, -0.05) is 128 Å². The third kappa shape index (κ3) is 30.1. The Balaban J connectivity index is 1.97. The molecule has 1 saturated carbocycles. The average molecular weight is 897 g/mol. The first-order valence-electron chi connectivity index (χ1n) is 25.5. The minimum atomic E-state index is -0.952. The molecule has 12 heteroatoms. The van der Waals surface area contributed by atoms with Gasteiger partial charge in [-0.3, -0.25) is 19.2 Å². The number of carbonyl (C=O) groups excluding carboxylic acids is 6. The van der Waals surface area contributed by atoms with Gasteiger partial charge in [0.25, 0.3) is 0 Å². The zero-order valence-corrected chi connectivity index (χ0v) is 39.8. The minimum absolute atomic E-state index is 0.0620. The van der Waals surface area contributed by atoms with Crippen molar-refractivity contribution in [3.63, 3.8) is 0 Å². The number of hydrogen-bond acceptors (Lipinski definition) is 10. The zero-order chi connectivity index (χ0) is 46.3. The number of rotatable bonds is 20. The Morgan fingerprint density at radius 1 is 0.484 bits per heavy atom. The quantitative estimate of drug-likeness (QED) is 0.0520. The van der Waals surface area contributed by atoms with Gasteiger partial charge in [0.2, 0.25) is 11.8 Å². The van der Waals surface area contributed by atoms with Crippen LogP contribution in [0.15, 0.2) is 0 Å². The van der Waals surface area contributed by atoms with Crippen molar-refractivity contribution < 1.29 is 47.7 Å². The van der Waals surface area contributed by atoms with Crippen LogP contribution in [0.5, 0.6) is 0 Å². The van der Waals surface area contributed by atoms with Crippen LogP contribution in [0.3, 0.4) is 0 Å². The molecule has 0 aromatic carbocycles. The Labute approximate surface area is 386 Å². The van der Waals surface area contributed by atoms with Crippen LogP contribution in [0, 0.1) is 23.7 Å². The largest absolute Gasteiger partial charge is 0.464 e. The summed E-state index contributed by atoms with van der Waals surface area (Å²) in [6.45, 7) is 4.94. The number of hydrogen-bond donors (Lipinski definition) is 2. The van der Waals surface area contributed by atoms with E-state index in [2.05, 4.69) is 48.2 Å². The number of ether oxygens (including phenoxy) is 4. The molecule has 2 N–H and O–H groups in total. The molecular weight excluding hydrogens is 813 g/mol. The first-order chi connectivity index (χ1) is 31.2. The van der Waals surface area contributed by atoms with E-state index in [0.717, 1.165) is 64.2 Å². The molecule has 3 aliphatic rings. The van der Waals surface area contributed by atoms with Crippen molar-refractivity contribution >= 4 is 35.7 Å². The topological polar surface area (TPSA) is 163 Å². The second-order valence-electron chi connectivity index (χ2n) is 17.7. The van der Waals surface area contributed by atoms with Crippen LogP contribution in [-0.4, -0.2) is 73.2 Å². The second kappa shape index (κ2) is 38.2. The molecule has 362 valence electrons. The van der Waals surface area contributed by atoms with Crippen molar-refractivity contribution in [2.24, 2.45) is 0 Å². The second-order valence-corrected chi connectivity index (χ2v) is 17.7. The fourth-order valence-electron chi connectivity index (χ4n) is 7.90. The van der Waals surface area contributed by atoms with Crippen LogP contribution in [0.4, 0.5) is 0 Å². The molecule has 1 fully saturated rings. The highest BCUT2D eigenvalue weighted by molar-refractivity contribution is 5.85. The van der Waals surface area contributed by atoms with Gasteiger partial charge in [-0.15, -0.1) is 0 Å².